The van der Waals surface area contributed by atoms with Crippen LogP contribution in [0.1, 0.15) is 33.6 Å². The van der Waals surface area contributed by atoms with Crippen LogP contribution in [0.5, 0.6) is 5.75 Å². The molecule has 1 fully saturated rings. The lowest BCUT2D eigenvalue weighted by Crippen LogP contribution is -2.37. The molecule has 1 N–H and O–H groups in total. The normalized spacial score (nSPS) is 17.2. The van der Waals surface area contributed by atoms with E-state index in [1.165, 1.54) is 0 Å². The molecule has 1 aliphatic heterocycles. The number of carbonyl (C=O) groups is 1. The molecule has 1 heterocycles. The molecule has 0 radical (unpaired) electrons. The summed E-state index contributed by atoms with van der Waals surface area (Å²) < 4.78 is 23.1. The Bertz CT molecular complexity index is 554. The Labute approximate surface area is 140 Å². The molecule has 1 atom stereocenters. The molecule has 0 spiro atoms. The van der Waals surface area contributed by atoms with E-state index in [1.54, 1.807) is 0 Å². The van der Waals surface area contributed by atoms with Crippen LogP contribution in [0.25, 0.3) is 0 Å². The van der Waals surface area contributed by atoms with Gasteiger partial charge in [-0.15, -0.1) is 0 Å². The second-order valence-corrected chi connectivity index (χ2v) is 6.28. The Hall–Kier alpha value is -2.22. The number of carbonyl (C=O) groups excluding carboxylic acids is 1. The van der Waals surface area contributed by atoms with Gasteiger partial charge in [0.05, 0.1) is 4.92 Å². The Balaban J connectivity index is 0.000000351. The third-order valence-corrected chi connectivity index (χ3v) is 3.07. The molecule has 1 aromatic rings. The van der Waals surface area contributed by atoms with Crippen molar-refractivity contribution < 1.29 is 23.6 Å². The van der Waals surface area contributed by atoms with Crippen LogP contribution in [0.15, 0.2) is 18.2 Å². The minimum atomic E-state index is -0.564. The first kappa shape index (κ1) is 19.8. The fraction of sp³-hybridized carbons (Fsp3) is 0.562. The molecule has 1 saturated heterocycles. The molecule has 1 aliphatic rings. The SMILES string of the molecule is CC(C)(C)OC=O.O=[N+]([O-])c1ccc(F)cc1OC1CCCNC1. The quantitative estimate of drug-likeness (QED) is 0.514. The number of benzene rings is 1. The number of hydrogen-bond donors (Lipinski definition) is 1. The Kier molecular flexibility index (Phi) is 7.57. The number of hydrogen-bond acceptors (Lipinski definition) is 6. The topological polar surface area (TPSA) is 90.7 Å². The number of nitrogens with zero attached hydrogens (tertiary/aromatic N) is 1. The van der Waals surface area contributed by atoms with Crippen molar-refractivity contribution >= 4 is 12.2 Å². The van der Waals surface area contributed by atoms with Gasteiger partial charge in [-0.05, 0) is 46.2 Å². The van der Waals surface area contributed by atoms with E-state index in [9.17, 15) is 19.3 Å². The average Bonchev–Trinajstić information content (AvgIpc) is 2.47. The molecule has 0 saturated carbocycles. The van der Waals surface area contributed by atoms with Gasteiger partial charge in [0.1, 0.15) is 17.5 Å². The van der Waals surface area contributed by atoms with Crippen LogP contribution in [0.3, 0.4) is 0 Å². The van der Waals surface area contributed by atoms with Crippen molar-refractivity contribution in [3.63, 3.8) is 0 Å². The largest absolute Gasteiger partial charge is 0.482 e. The van der Waals surface area contributed by atoms with Crippen LogP contribution >= 0.6 is 0 Å². The zero-order valence-corrected chi connectivity index (χ0v) is 14.1. The van der Waals surface area contributed by atoms with Crippen LogP contribution in [0.2, 0.25) is 0 Å². The molecule has 0 amide bonds. The van der Waals surface area contributed by atoms with Crippen LogP contribution in [0.4, 0.5) is 10.1 Å². The van der Waals surface area contributed by atoms with Gasteiger partial charge >= 0.3 is 5.69 Å². The van der Waals surface area contributed by atoms with E-state index in [2.05, 4.69) is 10.1 Å². The molecule has 2 rings (SSSR count). The molecule has 8 heteroatoms. The van der Waals surface area contributed by atoms with E-state index in [-0.39, 0.29) is 23.1 Å². The van der Waals surface area contributed by atoms with E-state index in [1.807, 2.05) is 20.8 Å². The van der Waals surface area contributed by atoms with Crippen LogP contribution in [-0.4, -0.2) is 36.2 Å². The van der Waals surface area contributed by atoms with E-state index in [0.717, 1.165) is 37.6 Å². The van der Waals surface area contributed by atoms with Crippen LogP contribution < -0.4 is 10.1 Å². The maximum absolute atomic E-state index is 13.0. The Morgan fingerprint density at radius 1 is 1.42 bits per heavy atom. The van der Waals surface area contributed by atoms with Gasteiger partial charge in [-0.1, -0.05) is 0 Å². The van der Waals surface area contributed by atoms with Crippen molar-refractivity contribution in [1.82, 2.24) is 5.32 Å². The lowest BCUT2D eigenvalue weighted by molar-refractivity contribution is -0.386. The van der Waals surface area contributed by atoms with E-state index < -0.39 is 10.7 Å². The number of nitro groups is 1. The van der Waals surface area contributed by atoms with Crippen molar-refractivity contribution in [3.05, 3.63) is 34.1 Å². The molecule has 24 heavy (non-hydrogen) atoms. The first-order valence-electron chi connectivity index (χ1n) is 7.65. The zero-order chi connectivity index (χ0) is 18.2. The van der Waals surface area contributed by atoms with Gasteiger partial charge in [-0.2, -0.15) is 0 Å². The fourth-order valence-electron chi connectivity index (χ4n) is 1.98. The number of nitrogens with one attached hydrogen (secondary N) is 1. The van der Waals surface area contributed by atoms with E-state index in [4.69, 9.17) is 4.74 Å². The van der Waals surface area contributed by atoms with Crippen LogP contribution in [0, 0.1) is 15.9 Å². The smallest absolute Gasteiger partial charge is 0.311 e. The zero-order valence-electron chi connectivity index (χ0n) is 14.1. The second-order valence-electron chi connectivity index (χ2n) is 6.28. The molecule has 134 valence electrons. The molecule has 1 unspecified atom stereocenters. The predicted octanol–water partition coefficient (Wildman–Crippen LogP) is 2.82. The standard InChI is InChI=1S/C11H13FN2O3.C5H10O2/c12-8-3-4-10(14(15)16)11(6-8)17-9-2-1-5-13-7-9;1-5(2,3)7-4-6/h3-4,6,9,13H,1-2,5,7H2;4H,1-3H3. The summed E-state index contributed by atoms with van der Waals surface area (Å²) in [7, 11) is 0. The summed E-state index contributed by atoms with van der Waals surface area (Å²) >= 11 is 0. The first-order valence-corrected chi connectivity index (χ1v) is 7.65. The van der Waals surface area contributed by atoms with Crippen molar-refractivity contribution in [2.24, 2.45) is 0 Å². The minimum absolute atomic E-state index is 0.00343. The minimum Gasteiger partial charge on any atom is -0.482 e. The first-order chi connectivity index (χ1) is 11.2. The maximum atomic E-state index is 13.0. The number of ether oxygens (including phenoxy) is 2. The van der Waals surface area contributed by atoms with Gasteiger partial charge in [0.2, 0.25) is 0 Å². The summed E-state index contributed by atoms with van der Waals surface area (Å²) in [5.41, 5.74) is -0.515. The number of rotatable bonds is 4. The molecule has 7 nitrogen and oxygen atoms in total. The maximum Gasteiger partial charge on any atom is 0.311 e. The van der Waals surface area contributed by atoms with E-state index >= 15 is 0 Å². The van der Waals surface area contributed by atoms with Crippen molar-refractivity contribution in [3.8, 4) is 5.75 Å². The van der Waals surface area contributed by atoms with Gasteiger partial charge in [0, 0.05) is 18.7 Å². The van der Waals surface area contributed by atoms with Crippen LogP contribution in [-0.2, 0) is 9.53 Å². The molecule has 0 aliphatic carbocycles. The predicted molar refractivity (Wildman–Crippen MR) is 86.5 cm³/mol. The lowest BCUT2D eigenvalue weighted by Gasteiger charge is -2.23. The third-order valence-electron chi connectivity index (χ3n) is 3.07. The monoisotopic (exact) mass is 342 g/mol. The average molecular weight is 342 g/mol. The molecular formula is C16H23FN2O5. The molecule has 0 aromatic heterocycles. The highest BCUT2D eigenvalue weighted by Crippen LogP contribution is 2.29. The highest BCUT2D eigenvalue weighted by atomic mass is 19.1. The summed E-state index contributed by atoms with van der Waals surface area (Å²) in [5, 5.41) is 13.9. The Morgan fingerprint density at radius 3 is 2.58 bits per heavy atom. The molecular weight excluding hydrogens is 319 g/mol. The summed E-state index contributed by atoms with van der Waals surface area (Å²) in [6.07, 6.45) is 1.64. The summed E-state index contributed by atoms with van der Waals surface area (Å²) in [6, 6.07) is 3.25. The molecule has 1 aromatic carbocycles. The third kappa shape index (κ3) is 7.36. The van der Waals surface area contributed by atoms with Crippen molar-refractivity contribution in [1.29, 1.82) is 0 Å². The highest BCUT2D eigenvalue weighted by molar-refractivity contribution is 5.46. The van der Waals surface area contributed by atoms with Crippen molar-refractivity contribution in [2.75, 3.05) is 13.1 Å². The number of halogens is 1. The molecule has 0 bridgehead atoms. The van der Waals surface area contributed by atoms with Crippen molar-refractivity contribution in [2.45, 2.75) is 45.3 Å². The number of nitro benzene ring substituents is 1. The highest BCUT2D eigenvalue weighted by Gasteiger charge is 2.21. The Morgan fingerprint density at radius 2 is 2.12 bits per heavy atom. The van der Waals surface area contributed by atoms with Gasteiger partial charge in [-0.3, -0.25) is 14.9 Å². The summed E-state index contributed by atoms with van der Waals surface area (Å²) in [4.78, 5) is 19.8. The number of piperidine rings is 1. The fourth-order valence-corrected chi connectivity index (χ4v) is 1.98. The van der Waals surface area contributed by atoms with Gasteiger partial charge in [0.15, 0.2) is 5.75 Å². The van der Waals surface area contributed by atoms with Gasteiger partial charge in [0.25, 0.3) is 6.47 Å². The van der Waals surface area contributed by atoms with Gasteiger partial charge in [-0.25, -0.2) is 4.39 Å². The van der Waals surface area contributed by atoms with E-state index in [0.29, 0.717) is 13.0 Å². The van der Waals surface area contributed by atoms with Gasteiger partial charge < -0.3 is 14.8 Å². The second kappa shape index (κ2) is 9.17. The lowest BCUT2D eigenvalue weighted by atomic mass is 10.1. The summed E-state index contributed by atoms with van der Waals surface area (Å²) in [6.45, 7) is 7.48. The summed E-state index contributed by atoms with van der Waals surface area (Å²) in [5.74, 6) is -0.530.